The van der Waals surface area contributed by atoms with Crippen LogP contribution in [0.25, 0.3) is 10.4 Å². The van der Waals surface area contributed by atoms with E-state index in [1.54, 1.807) is 68.8 Å². The lowest BCUT2D eigenvalue weighted by molar-refractivity contribution is -0.130. The molecule has 1 aliphatic heterocycles. The lowest BCUT2D eigenvalue weighted by Crippen LogP contribution is -2.53. The van der Waals surface area contributed by atoms with Crippen molar-refractivity contribution in [3.8, 4) is 17.2 Å². The molecule has 0 aromatic heterocycles. The Balaban J connectivity index is 1.54. The van der Waals surface area contributed by atoms with E-state index in [4.69, 9.17) is 29.0 Å². The van der Waals surface area contributed by atoms with Crippen molar-refractivity contribution in [2.75, 3.05) is 27.4 Å². The topological polar surface area (TPSA) is 159 Å². The van der Waals surface area contributed by atoms with E-state index < -0.39 is 17.6 Å². The number of aliphatic imine (C=N–C) groups is 1. The number of nitrogens with zero attached hydrogens (tertiary/aromatic N) is 4. The fourth-order valence-corrected chi connectivity index (χ4v) is 5.34. The maximum Gasteiger partial charge on any atom is 0.266 e. The molecule has 12 heteroatoms. The SMILES string of the molecule is COc1ccc(CNNC(=O)[C@@]2(Cc3ccccc3)N=C(c3ccc(OCCCO)cc3)O[C@H]2c2ccccc2N=[N+]=[N-])c(OC)c1. The minimum atomic E-state index is -1.52. The fourth-order valence-electron chi connectivity index (χ4n) is 5.34. The Kier molecular flexibility index (Phi) is 10.9. The van der Waals surface area contributed by atoms with Gasteiger partial charge in [-0.2, -0.15) is 0 Å². The number of carbonyl (C=O) groups excluding carboxylic acids is 1. The predicted molar refractivity (Wildman–Crippen MR) is 177 cm³/mol. The summed E-state index contributed by atoms with van der Waals surface area (Å²) in [6.07, 6.45) is -0.272. The summed E-state index contributed by atoms with van der Waals surface area (Å²) in [6.45, 7) is 0.659. The summed E-state index contributed by atoms with van der Waals surface area (Å²) in [5.74, 6) is 1.66. The Labute approximate surface area is 272 Å². The number of aliphatic hydroxyl groups is 1. The van der Waals surface area contributed by atoms with Gasteiger partial charge in [-0.15, -0.1) is 0 Å². The minimum Gasteiger partial charge on any atom is -0.497 e. The molecule has 242 valence electrons. The van der Waals surface area contributed by atoms with Crippen molar-refractivity contribution in [2.45, 2.75) is 31.0 Å². The van der Waals surface area contributed by atoms with Gasteiger partial charge in [0.15, 0.2) is 11.6 Å². The third-order valence-corrected chi connectivity index (χ3v) is 7.69. The van der Waals surface area contributed by atoms with Crippen LogP contribution in [0.1, 0.15) is 34.8 Å². The van der Waals surface area contributed by atoms with Crippen LogP contribution < -0.4 is 25.1 Å². The molecule has 0 saturated carbocycles. The first kappa shape index (κ1) is 32.8. The van der Waals surface area contributed by atoms with Crippen molar-refractivity contribution < 1.29 is 28.8 Å². The van der Waals surface area contributed by atoms with E-state index in [2.05, 4.69) is 20.9 Å². The van der Waals surface area contributed by atoms with Gasteiger partial charge in [-0.25, -0.2) is 10.4 Å². The number of rotatable bonds is 15. The number of aliphatic hydroxyl groups excluding tert-OH is 1. The zero-order valence-electron chi connectivity index (χ0n) is 26.1. The molecular formula is C35H36N6O6. The molecule has 0 spiro atoms. The molecule has 12 nitrogen and oxygen atoms in total. The van der Waals surface area contributed by atoms with Crippen molar-refractivity contribution >= 4 is 17.5 Å². The Morgan fingerprint density at radius 3 is 2.47 bits per heavy atom. The van der Waals surface area contributed by atoms with E-state index in [0.717, 1.165) is 11.1 Å². The van der Waals surface area contributed by atoms with Gasteiger partial charge in [-0.3, -0.25) is 10.2 Å². The zero-order chi connectivity index (χ0) is 33.1. The van der Waals surface area contributed by atoms with E-state index in [1.165, 1.54) is 0 Å². The highest BCUT2D eigenvalue weighted by atomic mass is 16.5. The number of hydrogen-bond donors (Lipinski definition) is 3. The number of azide groups is 1. The van der Waals surface area contributed by atoms with Crippen LogP contribution in [-0.4, -0.2) is 49.9 Å². The fraction of sp³-hybridized carbons (Fsp3) is 0.257. The maximum absolute atomic E-state index is 14.5. The summed E-state index contributed by atoms with van der Waals surface area (Å²) in [4.78, 5) is 22.5. The van der Waals surface area contributed by atoms with Crippen LogP contribution in [0.2, 0.25) is 0 Å². The lowest BCUT2D eigenvalue weighted by Gasteiger charge is -2.31. The number of hydrogen-bond acceptors (Lipinski definition) is 9. The highest BCUT2D eigenvalue weighted by Crippen LogP contribution is 2.45. The first-order valence-corrected chi connectivity index (χ1v) is 15.0. The molecule has 2 atom stereocenters. The highest BCUT2D eigenvalue weighted by Gasteiger charge is 2.54. The number of nitrogens with one attached hydrogen (secondary N) is 2. The Morgan fingerprint density at radius 2 is 1.74 bits per heavy atom. The van der Waals surface area contributed by atoms with E-state index in [0.29, 0.717) is 47.1 Å². The highest BCUT2D eigenvalue weighted by molar-refractivity contribution is 6.01. The predicted octanol–water partition coefficient (Wildman–Crippen LogP) is 5.73. The summed E-state index contributed by atoms with van der Waals surface area (Å²) < 4.78 is 23.1. The molecule has 4 aromatic rings. The van der Waals surface area contributed by atoms with Crippen LogP contribution in [0.15, 0.2) is 107 Å². The summed E-state index contributed by atoms with van der Waals surface area (Å²) in [5.41, 5.74) is 16.8. The van der Waals surface area contributed by atoms with Gasteiger partial charge in [-0.05, 0) is 41.4 Å². The summed E-state index contributed by atoms with van der Waals surface area (Å²) in [7, 11) is 3.15. The molecule has 47 heavy (non-hydrogen) atoms. The van der Waals surface area contributed by atoms with Gasteiger partial charge in [-0.1, -0.05) is 65.8 Å². The third kappa shape index (κ3) is 7.64. The Morgan fingerprint density at radius 1 is 1.00 bits per heavy atom. The van der Waals surface area contributed by atoms with E-state index >= 15 is 0 Å². The Bertz CT molecular complexity index is 1740. The van der Waals surface area contributed by atoms with Crippen molar-refractivity contribution in [1.82, 2.24) is 10.9 Å². The van der Waals surface area contributed by atoms with Gasteiger partial charge in [0.2, 0.25) is 5.90 Å². The standard InChI is InChI=1S/C35H36N6O6/c1-44-28-18-15-26(31(21-28)45-2)23-37-40-34(43)35(22-24-9-4-3-5-10-24)32(29-11-6-7-12-30(29)39-41-36)47-33(38-35)25-13-16-27(17-14-25)46-20-8-19-42/h3-7,9-18,21,32,37,42H,8,19-20,22-23H2,1-2H3,(H,40,43)/t32-,35-/m0/s1. The second-order valence-corrected chi connectivity index (χ2v) is 10.7. The average molecular weight is 637 g/mol. The third-order valence-electron chi connectivity index (χ3n) is 7.69. The summed E-state index contributed by atoms with van der Waals surface area (Å²) in [5, 5.41) is 13.0. The molecule has 0 aliphatic carbocycles. The normalized spacial score (nSPS) is 16.7. The van der Waals surface area contributed by atoms with Crippen molar-refractivity contribution in [1.29, 1.82) is 0 Å². The van der Waals surface area contributed by atoms with Crippen LogP contribution in [0.4, 0.5) is 5.69 Å². The van der Waals surface area contributed by atoms with Gasteiger partial charge in [0.1, 0.15) is 17.2 Å². The number of benzene rings is 4. The molecule has 0 unspecified atom stereocenters. The smallest absolute Gasteiger partial charge is 0.266 e. The van der Waals surface area contributed by atoms with Crippen molar-refractivity contribution in [3.05, 3.63) is 130 Å². The van der Waals surface area contributed by atoms with E-state index in [9.17, 15) is 10.3 Å². The molecule has 5 rings (SSSR count). The monoisotopic (exact) mass is 636 g/mol. The van der Waals surface area contributed by atoms with Gasteiger partial charge in [0.05, 0.1) is 20.8 Å². The van der Waals surface area contributed by atoms with Gasteiger partial charge in [0, 0.05) is 59.3 Å². The quantitative estimate of drug-likeness (QED) is 0.0494. The molecule has 0 saturated heterocycles. The Hall–Kier alpha value is -5.55. The lowest BCUT2D eigenvalue weighted by atomic mass is 9.81. The molecule has 0 fully saturated rings. The molecule has 0 radical (unpaired) electrons. The van der Waals surface area contributed by atoms with E-state index in [1.807, 2.05) is 42.5 Å². The number of hydrazine groups is 1. The van der Waals surface area contributed by atoms with Crippen molar-refractivity contribution in [3.63, 3.8) is 0 Å². The molecule has 1 heterocycles. The van der Waals surface area contributed by atoms with Crippen LogP contribution in [0, 0.1) is 0 Å². The molecule has 3 N–H and O–H groups in total. The first-order chi connectivity index (χ1) is 23.0. The maximum atomic E-state index is 14.5. The van der Waals surface area contributed by atoms with Crippen molar-refractivity contribution in [2.24, 2.45) is 10.1 Å². The van der Waals surface area contributed by atoms with Crippen LogP contribution >= 0.6 is 0 Å². The number of ether oxygens (including phenoxy) is 4. The minimum absolute atomic E-state index is 0.0372. The molecule has 4 aromatic carbocycles. The summed E-state index contributed by atoms with van der Waals surface area (Å²) in [6, 6.07) is 29.1. The molecular weight excluding hydrogens is 600 g/mol. The number of amides is 1. The summed E-state index contributed by atoms with van der Waals surface area (Å²) >= 11 is 0. The van der Waals surface area contributed by atoms with Crippen LogP contribution in [0.5, 0.6) is 17.2 Å². The second-order valence-electron chi connectivity index (χ2n) is 10.7. The average Bonchev–Trinajstić information content (AvgIpc) is 3.49. The van der Waals surface area contributed by atoms with Gasteiger partial charge < -0.3 is 24.1 Å². The zero-order valence-corrected chi connectivity index (χ0v) is 26.1. The largest absolute Gasteiger partial charge is 0.497 e. The molecule has 1 aliphatic rings. The van der Waals surface area contributed by atoms with Gasteiger partial charge in [0.25, 0.3) is 5.91 Å². The van der Waals surface area contributed by atoms with E-state index in [-0.39, 0.29) is 25.5 Å². The number of methoxy groups -OCH3 is 2. The second kappa shape index (κ2) is 15.6. The first-order valence-electron chi connectivity index (χ1n) is 15.0. The van der Waals surface area contributed by atoms with Crippen LogP contribution in [-0.2, 0) is 22.5 Å². The van der Waals surface area contributed by atoms with Gasteiger partial charge >= 0.3 is 0 Å². The molecule has 0 bridgehead atoms. The number of carbonyl (C=O) groups is 1. The van der Waals surface area contributed by atoms with Crippen LogP contribution in [0.3, 0.4) is 0 Å². The molecule has 1 amide bonds.